The van der Waals surface area contributed by atoms with E-state index in [0.29, 0.717) is 68.7 Å². The van der Waals surface area contributed by atoms with E-state index < -0.39 is 0 Å². The number of aromatic nitrogens is 2. The third-order valence-electron chi connectivity index (χ3n) is 5.43. The minimum absolute atomic E-state index is 0.0382. The van der Waals surface area contributed by atoms with Gasteiger partial charge in [-0.2, -0.15) is 5.10 Å². The lowest BCUT2D eigenvalue weighted by Gasteiger charge is -2.26. The van der Waals surface area contributed by atoms with Gasteiger partial charge >= 0.3 is 6.03 Å². The van der Waals surface area contributed by atoms with Crippen LogP contribution in [0, 0.1) is 0 Å². The Hall–Kier alpha value is -3.76. The molecule has 0 radical (unpaired) electrons. The molecule has 0 atom stereocenters. The highest BCUT2D eigenvalue weighted by Gasteiger charge is 2.28. The van der Waals surface area contributed by atoms with Gasteiger partial charge in [0.2, 0.25) is 5.91 Å². The van der Waals surface area contributed by atoms with Crippen molar-refractivity contribution in [3.8, 4) is 11.5 Å². The first kappa shape index (κ1) is 21.5. The van der Waals surface area contributed by atoms with E-state index in [2.05, 4.69) is 21.0 Å². The largest absolute Gasteiger partial charge is 0.486 e. The summed E-state index contributed by atoms with van der Waals surface area (Å²) in [4.78, 5) is 38.0. The van der Waals surface area contributed by atoms with Crippen LogP contribution in [0.3, 0.4) is 0 Å². The molecule has 0 bridgehead atoms. The van der Waals surface area contributed by atoms with Gasteiger partial charge in [-0.25, -0.2) is 4.79 Å². The summed E-state index contributed by atoms with van der Waals surface area (Å²) < 4.78 is 12.7. The standard InChI is InChI=1S/C21H26N6O5/c1-13(28)26-7-5-16-15(12-26)19(20(29)22-2)25-27(16)8-6-23-21(30)24-14-3-4-17-18(11-14)32-10-9-31-17/h3-4,11H,5-10,12H2,1-2H3,(H,22,29)(H2,23,24,30). The summed E-state index contributed by atoms with van der Waals surface area (Å²) in [5.74, 6) is 0.915. The summed E-state index contributed by atoms with van der Waals surface area (Å²) in [5, 5.41) is 12.6. The molecule has 1 aromatic carbocycles. The van der Waals surface area contributed by atoms with E-state index in [1.807, 2.05) is 0 Å². The molecule has 11 heteroatoms. The normalized spacial score (nSPS) is 14.4. The number of nitrogens with zero attached hydrogens (tertiary/aromatic N) is 3. The van der Waals surface area contributed by atoms with Gasteiger partial charge in [0.25, 0.3) is 5.91 Å². The molecule has 11 nitrogen and oxygen atoms in total. The monoisotopic (exact) mass is 442 g/mol. The van der Waals surface area contributed by atoms with Crippen LogP contribution in [0.15, 0.2) is 18.2 Å². The van der Waals surface area contributed by atoms with Crippen LogP contribution in [-0.4, -0.2) is 65.9 Å². The number of fused-ring (bicyclic) bond motifs is 2. The first-order valence-electron chi connectivity index (χ1n) is 10.5. The quantitative estimate of drug-likeness (QED) is 0.627. The number of nitrogens with one attached hydrogen (secondary N) is 3. The maximum atomic E-state index is 12.3. The molecule has 2 aromatic rings. The molecule has 0 aliphatic carbocycles. The molecule has 32 heavy (non-hydrogen) atoms. The molecule has 170 valence electrons. The Balaban J connectivity index is 1.38. The van der Waals surface area contributed by atoms with Crippen LogP contribution in [0.2, 0.25) is 0 Å². The molecule has 0 spiro atoms. The van der Waals surface area contributed by atoms with Gasteiger partial charge in [0.1, 0.15) is 13.2 Å². The lowest BCUT2D eigenvalue weighted by atomic mass is 10.0. The smallest absolute Gasteiger partial charge is 0.319 e. The van der Waals surface area contributed by atoms with Crippen molar-refractivity contribution < 1.29 is 23.9 Å². The van der Waals surface area contributed by atoms with Crippen molar-refractivity contribution in [3.63, 3.8) is 0 Å². The summed E-state index contributed by atoms with van der Waals surface area (Å²) in [7, 11) is 1.54. The SMILES string of the molecule is CNC(=O)c1nn(CCNC(=O)Nc2ccc3c(c2)OCCO3)c2c1CN(C(C)=O)CC2. The Morgan fingerprint density at radius 2 is 1.94 bits per heavy atom. The Bertz CT molecular complexity index is 1050. The molecular formula is C21H26N6O5. The number of amides is 4. The van der Waals surface area contributed by atoms with Crippen molar-refractivity contribution in [2.45, 2.75) is 26.4 Å². The van der Waals surface area contributed by atoms with E-state index in [1.54, 1.807) is 34.8 Å². The van der Waals surface area contributed by atoms with Crippen molar-refractivity contribution in [2.24, 2.45) is 0 Å². The Kier molecular flexibility index (Phi) is 6.15. The van der Waals surface area contributed by atoms with E-state index in [9.17, 15) is 14.4 Å². The third kappa shape index (κ3) is 4.46. The van der Waals surface area contributed by atoms with Gasteiger partial charge < -0.3 is 30.3 Å². The van der Waals surface area contributed by atoms with E-state index in [-0.39, 0.29) is 17.8 Å². The maximum absolute atomic E-state index is 12.3. The van der Waals surface area contributed by atoms with Crippen molar-refractivity contribution in [1.82, 2.24) is 25.3 Å². The number of carbonyl (C=O) groups excluding carboxylic acids is 3. The van der Waals surface area contributed by atoms with Crippen LogP contribution in [0.1, 0.15) is 28.7 Å². The fourth-order valence-electron chi connectivity index (χ4n) is 3.82. The number of rotatable bonds is 5. The van der Waals surface area contributed by atoms with Crippen LogP contribution < -0.4 is 25.4 Å². The van der Waals surface area contributed by atoms with E-state index in [0.717, 1.165) is 11.3 Å². The molecule has 4 rings (SSSR count). The van der Waals surface area contributed by atoms with Crippen LogP contribution in [0.25, 0.3) is 0 Å². The predicted molar refractivity (Wildman–Crippen MR) is 115 cm³/mol. The van der Waals surface area contributed by atoms with Gasteiger partial charge in [0.05, 0.1) is 6.54 Å². The van der Waals surface area contributed by atoms with E-state index >= 15 is 0 Å². The molecule has 0 fully saturated rings. The molecule has 2 aliphatic heterocycles. The molecule has 0 saturated heterocycles. The topological polar surface area (TPSA) is 127 Å². The number of urea groups is 1. The molecule has 0 saturated carbocycles. The molecule has 0 unspecified atom stereocenters. The van der Waals surface area contributed by atoms with Crippen LogP contribution >= 0.6 is 0 Å². The number of benzene rings is 1. The third-order valence-corrected chi connectivity index (χ3v) is 5.43. The first-order valence-corrected chi connectivity index (χ1v) is 10.5. The summed E-state index contributed by atoms with van der Waals surface area (Å²) in [6, 6.07) is 4.85. The van der Waals surface area contributed by atoms with Crippen LogP contribution in [0.4, 0.5) is 10.5 Å². The van der Waals surface area contributed by atoms with Gasteiger partial charge in [-0.15, -0.1) is 0 Å². The molecule has 1 aromatic heterocycles. The second-order valence-corrected chi connectivity index (χ2v) is 7.51. The number of anilines is 1. The van der Waals surface area contributed by atoms with Crippen molar-refractivity contribution in [2.75, 3.05) is 38.7 Å². The second-order valence-electron chi connectivity index (χ2n) is 7.51. The number of ether oxygens (including phenoxy) is 2. The highest BCUT2D eigenvalue weighted by Crippen LogP contribution is 2.32. The number of carbonyl (C=O) groups is 3. The van der Waals surface area contributed by atoms with Gasteiger partial charge in [-0.1, -0.05) is 0 Å². The van der Waals surface area contributed by atoms with Crippen LogP contribution in [-0.2, 0) is 24.3 Å². The summed E-state index contributed by atoms with van der Waals surface area (Å²) >= 11 is 0. The average molecular weight is 442 g/mol. The number of hydrogen-bond acceptors (Lipinski definition) is 6. The maximum Gasteiger partial charge on any atom is 0.319 e. The van der Waals surface area contributed by atoms with Crippen molar-refractivity contribution >= 4 is 23.5 Å². The lowest BCUT2D eigenvalue weighted by Crippen LogP contribution is -2.36. The van der Waals surface area contributed by atoms with Crippen molar-refractivity contribution in [1.29, 1.82) is 0 Å². The zero-order valence-corrected chi connectivity index (χ0v) is 18.1. The fourth-order valence-corrected chi connectivity index (χ4v) is 3.82. The Morgan fingerprint density at radius 3 is 2.69 bits per heavy atom. The summed E-state index contributed by atoms with van der Waals surface area (Å²) in [5.41, 5.74) is 2.57. The highest BCUT2D eigenvalue weighted by molar-refractivity contribution is 5.94. The first-order chi connectivity index (χ1) is 15.5. The summed E-state index contributed by atoms with van der Waals surface area (Å²) in [6.07, 6.45) is 0.600. The van der Waals surface area contributed by atoms with Gasteiger partial charge in [-0.05, 0) is 12.1 Å². The molecule has 4 amide bonds. The van der Waals surface area contributed by atoms with Crippen molar-refractivity contribution in [3.05, 3.63) is 35.2 Å². The Morgan fingerprint density at radius 1 is 1.16 bits per heavy atom. The lowest BCUT2D eigenvalue weighted by molar-refractivity contribution is -0.129. The zero-order valence-electron chi connectivity index (χ0n) is 18.1. The van der Waals surface area contributed by atoms with E-state index in [4.69, 9.17) is 9.47 Å². The molecule has 3 heterocycles. The molecule has 3 N–H and O–H groups in total. The van der Waals surface area contributed by atoms with Gasteiger partial charge in [0.15, 0.2) is 17.2 Å². The molecular weight excluding hydrogens is 416 g/mol. The Labute approximate surface area is 185 Å². The molecule has 2 aliphatic rings. The average Bonchev–Trinajstić information content (AvgIpc) is 3.16. The second kappa shape index (κ2) is 9.16. The van der Waals surface area contributed by atoms with Gasteiger partial charge in [-0.3, -0.25) is 14.3 Å². The number of hydrogen-bond donors (Lipinski definition) is 3. The zero-order chi connectivity index (χ0) is 22.7. The highest BCUT2D eigenvalue weighted by atomic mass is 16.6. The minimum Gasteiger partial charge on any atom is -0.486 e. The van der Waals surface area contributed by atoms with E-state index in [1.165, 1.54) is 6.92 Å². The predicted octanol–water partition coefficient (Wildman–Crippen LogP) is 0.740. The van der Waals surface area contributed by atoms with Crippen LogP contribution in [0.5, 0.6) is 11.5 Å². The minimum atomic E-state index is -0.364. The fraction of sp³-hybridized carbons (Fsp3) is 0.429. The van der Waals surface area contributed by atoms with Gasteiger partial charge in [0, 0.05) is 63.0 Å². The summed E-state index contributed by atoms with van der Waals surface area (Å²) in [6.45, 7) is 4.12.